The molecule has 1 spiro atoms. The van der Waals surface area contributed by atoms with Gasteiger partial charge in [-0.1, -0.05) is 30.3 Å². The fourth-order valence-electron chi connectivity index (χ4n) is 5.14. The van der Waals surface area contributed by atoms with Crippen molar-refractivity contribution >= 4 is 11.8 Å². The monoisotopic (exact) mass is 427 g/mol. The zero-order valence-corrected chi connectivity index (χ0v) is 16.9. The SMILES string of the molecule is O=C1[C@@H]2C[C@@H](O)CN2C2(CN(Cc3cccc(F)c3)C2)C(=O)N1Cc1ccccc1F. The van der Waals surface area contributed by atoms with Gasteiger partial charge >= 0.3 is 0 Å². The van der Waals surface area contributed by atoms with Crippen molar-refractivity contribution in [2.45, 2.75) is 37.2 Å². The molecule has 2 aromatic carbocycles. The number of aliphatic hydroxyl groups is 1. The van der Waals surface area contributed by atoms with E-state index in [1.165, 1.54) is 18.2 Å². The number of imide groups is 1. The number of nitrogens with zero attached hydrogens (tertiary/aromatic N) is 3. The van der Waals surface area contributed by atoms with E-state index in [1.54, 1.807) is 24.3 Å². The Morgan fingerprint density at radius 1 is 1.03 bits per heavy atom. The molecule has 2 atom stereocenters. The Hall–Kier alpha value is -2.68. The van der Waals surface area contributed by atoms with Crippen molar-refractivity contribution in [3.05, 3.63) is 71.3 Å². The van der Waals surface area contributed by atoms with E-state index >= 15 is 0 Å². The number of amides is 2. The van der Waals surface area contributed by atoms with Crippen molar-refractivity contribution in [2.75, 3.05) is 19.6 Å². The normalized spacial score (nSPS) is 25.7. The molecule has 2 aromatic rings. The predicted molar refractivity (Wildman–Crippen MR) is 107 cm³/mol. The van der Waals surface area contributed by atoms with E-state index in [0.29, 0.717) is 19.6 Å². The molecule has 3 fully saturated rings. The number of benzene rings is 2. The summed E-state index contributed by atoms with van der Waals surface area (Å²) in [6.45, 7) is 1.34. The van der Waals surface area contributed by atoms with Crippen LogP contribution in [0.25, 0.3) is 0 Å². The first kappa shape index (κ1) is 20.2. The second kappa shape index (κ2) is 7.47. The number of fused-ring (bicyclic) bond motifs is 2. The Morgan fingerprint density at radius 2 is 1.81 bits per heavy atom. The van der Waals surface area contributed by atoms with Crippen molar-refractivity contribution in [1.82, 2.24) is 14.7 Å². The van der Waals surface area contributed by atoms with Crippen LogP contribution in [0.1, 0.15) is 17.5 Å². The molecule has 0 saturated carbocycles. The summed E-state index contributed by atoms with van der Waals surface area (Å²) in [4.78, 5) is 31.6. The molecular formula is C23H23F2N3O3. The van der Waals surface area contributed by atoms with Crippen molar-refractivity contribution in [3.63, 3.8) is 0 Å². The maximum Gasteiger partial charge on any atom is 0.252 e. The van der Waals surface area contributed by atoms with Gasteiger partial charge in [0.25, 0.3) is 5.91 Å². The Morgan fingerprint density at radius 3 is 2.55 bits per heavy atom. The zero-order valence-electron chi connectivity index (χ0n) is 16.9. The summed E-state index contributed by atoms with van der Waals surface area (Å²) in [7, 11) is 0. The molecule has 1 N–H and O–H groups in total. The highest BCUT2D eigenvalue weighted by atomic mass is 19.1. The number of piperazine rings is 1. The number of likely N-dealkylation sites (tertiary alicyclic amines) is 1. The van der Waals surface area contributed by atoms with Crippen LogP contribution in [0.3, 0.4) is 0 Å². The van der Waals surface area contributed by atoms with Crippen LogP contribution < -0.4 is 0 Å². The largest absolute Gasteiger partial charge is 0.392 e. The molecule has 6 nitrogen and oxygen atoms in total. The predicted octanol–water partition coefficient (Wildman–Crippen LogP) is 1.52. The first-order chi connectivity index (χ1) is 14.9. The van der Waals surface area contributed by atoms with Crippen molar-refractivity contribution < 1.29 is 23.5 Å². The van der Waals surface area contributed by atoms with Gasteiger partial charge in [0, 0.05) is 31.7 Å². The van der Waals surface area contributed by atoms with Gasteiger partial charge in [0.1, 0.15) is 17.2 Å². The van der Waals surface area contributed by atoms with Gasteiger partial charge in [0.2, 0.25) is 5.91 Å². The summed E-state index contributed by atoms with van der Waals surface area (Å²) in [5.41, 5.74) is 0.145. The summed E-state index contributed by atoms with van der Waals surface area (Å²) in [6.07, 6.45) is -0.435. The van der Waals surface area contributed by atoms with Crippen LogP contribution in [-0.2, 0) is 22.7 Å². The van der Waals surface area contributed by atoms with Gasteiger partial charge in [0.15, 0.2) is 0 Å². The van der Waals surface area contributed by atoms with E-state index in [2.05, 4.69) is 0 Å². The van der Waals surface area contributed by atoms with Crippen LogP contribution in [0.2, 0.25) is 0 Å². The molecule has 3 aliphatic rings. The van der Waals surface area contributed by atoms with Gasteiger partial charge in [-0.05, 0) is 30.2 Å². The highest BCUT2D eigenvalue weighted by Gasteiger charge is 2.64. The molecule has 5 rings (SSSR count). The third-order valence-corrected chi connectivity index (χ3v) is 6.57. The molecule has 3 aliphatic heterocycles. The fourth-order valence-corrected chi connectivity index (χ4v) is 5.14. The fraction of sp³-hybridized carbons (Fsp3) is 0.391. The first-order valence-electron chi connectivity index (χ1n) is 10.4. The molecule has 3 saturated heterocycles. The quantitative estimate of drug-likeness (QED) is 0.750. The minimum absolute atomic E-state index is 0.129. The summed E-state index contributed by atoms with van der Waals surface area (Å²) in [6, 6.07) is 11.8. The van der Waals surface area contributed by atoms with Crippen molar-refractivity contribution in [3.8, 4) is 0 Å². The van der Waals surface area contributed by atoms with Gasteiger partial charge in [-0.25, -0.2) is 8.78 Å². The highest BCUT2D eigenvalue weighted by molar-refractivity contribution is 6.06. The van der Waals surface area contributed by atoms with E-state index in [0.717, 1.165) is 10.5 Å². The highest BCUT2D eigenvalue weighted by Crippen LogP contribution is 2.41. The first-order valence-corrected chi connectivity index (χ1v) is 10.4. The maximum absolute atomic E-state index is 14.2. The standard InChI is InChI=1S/C23H23F2N3O3/c24-17-6-3-4-15(8-17)10-26-13-23(14-26)22(31)27(11-16-5-1-2-7-19(16)25)21(30)20-9-18(29)12-28(20)23/h1-8,18,20,29H,9-14H2/t18-,20+/m1/s1. The van der Waals surface area contributed by atoms with E-state index in [1.807, 2.05) is 15.9 Å². The molecule has 162 valence electrons. The molecule has 0 unspecified atom stereocenters. The molecule has 8 heteroatoms. The molecule has 31 heavy (non-hydrogen) atoms. The number of halogens is 2. The number of aliphatic hydroxyl groups excluding tert-OH is 1. The third kappa shape index (κ3) is 3.35. The van der Waals surface area contributed by atoms with Crippen LogP contribution >= 0.6 is 0 Å². The Labute approximate surface area is 178 Å². The summed E-state index contributed by atoms with van der Waals surface area (Å²) >= 11 is 0. The molecule has 0 aliphatic carbocycles. The van der Waals surface area contributed by atoms with Gasteiger partial charge < -0.3 is 5.11 Å². The second-order valence-corrected chi connectivity index (χ2v) is 8.69. The van der Waals surface area contributed by atoms with Gasteiger partial charge in [0.05, 0.1) is 18.7 Å². The van der Waals surface area contributed by atoms with Crippen LogP contribution in [-0.4, -0.2) is 68.9 Å². The van der Waals surface area contributed by atoms with Gasteiger partial charge in [-0.3, -0.25) is 24.3 Å². The molecule has 0 radical (unpaired) electrons. The van der Waals surface area contributed by atoms with E-state index in [-0.39, 0.29) is 42.7 Å². The number of hydrogen-bond acceptors (Lipinski definition) is 5. The van der Waals surface area contributed by atoms with Crippen LogP contribution in [0, 0.1) is 11.6 Å². The number of β-amino-alcohol motifs (C(OH)–C–C–N with tert-alkyl or cyclic N) is 1. The van der Waals surface area contributed by atoms with Crippen LogP contribution in [0.4, 0.5) is 8.78 Å². The Balaban J connectivity index is 1.40. The van der Waals surface area contributed by atoms with Crippen LogP contribution in [0.5, 0.6) is 0 Å². The summed E-state index contributed by atoms with van der Waals surface area (Å²) in [5, 5.41) is 10.2. The molecule has 0 aromatic heterocycles. The topological polar surface area (TPSA) is 64.1 Å². The minimum atomic E-state index is -0.936. The van der Waals surface area contributed by atoms with Crippen molar-refractivity contribution in [1.29, 1.82) is 0 Å². The molecular weight excluding hydrogens is 404 g/mol. The maximum atomic E-state index is 14.2. The average molecular weight is 427 g/mol. The lowest BCUT2D eigenvalue weighted by molar-refractivity contribution is -0.181. The van der Waals surface area contributed by atoms with E-state index in [9.17, 15) is 23.5 Å². The second-order valence-electron chi connectivity index (χ2n) is 8.69. The third-order valence-electron chi connectivity index (χ3n) is 6.57. The van der Waals surface area contributed by atoms with Crippen LogP contribution in [0.15, 0.2) is 48.5 Å². The minimum Gasteiger partial charge on any atom is -0.392 e. The Kier molecular flexibility index (Phi) is 4.88. The zero-order chi connectivity index (χ0) is 21.8. The van der Waals surface area contributed by atoms with Gasteiger partial charge in [-0.15, -0.1) is 0 Å². The van der Waals surface area contributed by atoms with Crippen molar-refractivity contribution in [2.24, 2.45) is 0 Å². The molecule has 2 amide bonds. The number of carbonyl (C=O) groups excluding carboxylic acids is 2. The average Bonchev–Trinajstić information content (AvgIpc) is 3.10. The molecule has 0 bridgehead atoms. The number of carbonyl (C=O) groups is 2. The summed E-state index contributed by atoms with van der Waals surface area (Å²) in [5.74, 6) is -1.53. The summed E-state index contributed by atoms with van der Waals surface area (Å²) < 4.78 is 27.7. The smallest absolute Gasteiger partial charge is 0.252 e. The number of rotatable bonds is 4. The van der Waals surface area contributed by atoms with E-state index in [4.69, 9.17) is 0 Å². The Bertz CT molecular complexity index is 1040. The number of hydrogen-bond donors (Lipinski definition) is 1. The lowest BCUT2D eigenvalue weighted by Gasteiger charge is -2.58. The molecule has 3 heterocycles. The lowest BCUT2D eigenvalue weighted by Crippen LogP contribution is -2.81. The van der Waals surface area contributed by atoms with E-state index < -0.39 is 23.5 Å². The lowest BCUT2D eigenvalue weighted by atomic mass is 9.82. The van der Waals surface area contributed by atoms with Gasteiger partial charge in [-0.2, -0.15) is 0 Å².